The molecule has 0 aliphatic rings. The molecule has 0 radical (unpaired) electrons. The standard InChI is InChI=1S/C23H28BrN3O4S2/c1-4-6-13-26(5-2)33(29,30)19-10-7-17(8-11-19)22(28)25-23-27(14-15-31-3)20-12-9-18(24)16-21(20)32-23/h7-12,16H,4-6,13-15H2,1-3H3. The van der Waals surface area contributed by atoms with Crippen molar-refractivity contribution in [3.63, 3.8) is 0 Å². The van der Waals surface area contributed by atoms with E-state index in [-0.39, 0.29) is 4.90 Å². The van der Waals surface area contributed by atoms with Gasteiger partial charge in [-0.15, -0.1) is 0 Å². The number of amides is 1. The molecule has 1 aromatic heterocycles. The maximum Gasteiger partial charge on any atom is 0.279 e. The first-order valence-electron chi connectivity index (χ1n) is 10.8. The van der Waals surface area contributed by atoms with Crippen LogP contribution in [0.2, 0.25) is 0 Å². The number of sulfonamides is 1. The molecule has 0 spiro atoms. The highest BCUT2D eigenvalue weighted by molar-refractivity contribution is 9.10. The zero-order valence-corrected chi connectivity index (χ0v) is 22.2. The van der Waals surface area contributed by atoms with Gasteiger partial charge in [-0.05, 0) is 48.9 Å². The average molecular weight is 555 g/mol. The quantitative estimate of drug-likeness (QED) is 0.365. The maximum absolute atomic E-state index is 12.9. The Kier molecular flexibility index (Phi) is 9.00. The van der Waals surface area contributed by atoms with Crippen LogP contribution in [0, 0.1) is 0 Å². The summed E-state index contributed by atoms with van der Waals surface area (Å²) in [6.07, 6.45) is 1.72. The number of fused-ring (bicyclic) bond motifs is 1. The molecule has 0 aliphatic heterocycles. The predicted octanol–water partition coefficient (Wildman–Crippen LogP) is 4.66. The van der Waals surface area contributed by atoms with E-state index < -0.39 is 15.9 Å². The topological polar surface area (TPSA) is 81.0 Å². The number of hydrogen-bond donors (Lipinski definition) is 0. The van der Waals surface area contributed by atoms with Crippen LogP contribution in [0.5, 0.6) is 0 Å². The number of carbonyl (C=O) groups is 1. The number of aromatic nitrogens is 1. The van der Waals surface area contributed by atoms with Crippen molar-refractivity contribution in [2.45, 2.75) is 38.1 Å². The van der Waals surface area contributed by atoms with Crippen LogP contribution in [-0.2, 0) is 21.3 Å². The minimum Gasteiger partial charge on any atom is -0.383 e. The Morgan fingerprint density at radius 1 is 1.18 bits per heavy atom. The van der Waals surface area contributed by atoms with Gasteiger partial charge in [0, 0.05) is 36.8 Å². The van der Waals surface area contributed by atoms with E-state index in [9.17, 15) is 13.2 Å². The van der Waals surface area contributed by atoms with Crippen molar-refractivity contribution in [3.05, 3.63) is 57.3 Å². The van der Waals surface area contributed by atoms with Gasteiger partial charge in [-0.1, -0.05) is 47.5 Å². The van der Waals surface area contributed by atoms with Crippen molar-refractivity contribution in [1.82, 2.24) is 8.87 Å². The largest absolute Gasteiger partial charge is 0.383 e. The van der Waals surface area contributed by atoms with Crippen LogP contribution in [0.25, 0.3) is 10.2 Å². The summed E-state index contributed by atoms with van der Waals surface area (Å²) in [5.74, 6) is -0.422. The Balaban J connectivity index is 1.93. The molecule has 3 rings (SSSR count). The molecular formula is C23H28BrN3O4S2. The van der Waals surface area contributed by atoms with Gasteiger partial charge in [0.2, 0.25) is 10.0 Å². The van der Waals surface area contributed by atoms with Crippen LogP contribution in [0.4, 0.5) is 0 Å². The zero-order chi connectivity index (χ0) is 24.0. The molecule has 7 nitrogen and oxygen atoms in total. The number of halogens is 1. The number of thiazole rings is 1. The van der Waals surface area contributed by atoms with Gasteiger partial charge in [-0.25, -0.2) is 8.42 Å². The van der Waals surface area contributed by atoms with Crippen LogP contribution in [-0.4, -0.2) is 50.0 Å². The second kappa shape index (κ2) is 11.5. The molecule has 0 aliphatic carbocycles. The number of carbonyl (C=O) groups excluding carboxylic acids is 1. The van der Waals surface area contributed by atoms with E-state index in [2.05, 4.69) is 20.9 Å². The maximum atomic E-state index is 12.9. The lowest BCUT2D eigenvalue weighted by atomic mass is 10.2. The number of nitrogens with zero attached hydrogens (tertiary/aromatic N) is 3. The number of rotatable bonds is 10. The predicted molar refractivity (Wildman–Crippen MR) is 135 cm³/mol. The lowest BCUT2D eigenvalue weighted by Gasteiger charge is -2.20. The van der Waals surface area contributed by atoms with E-state index in [1.165, 1.54) is 39.9 Å². The monoisotopic (exact) mass is 553 g/mol. The highest BCUT2D eigenvalue weighted by atomic mass is 79.9. The van der Waals surface area contributed by atoms with Crippen molar-refractivity contribution < 1.29 is 17.9 Å². The summed E-state index contributed by atoms with van der Waals surface area (Å²) in [5.41, 5.74) is 1.31. The van der Waals surface area contributed by atoms with Gasteiger partial charge < -0.3 is 9.30 Å². The summed E-state index contributed by atoms with van der Waals surface area (Å²) in [5, 5.41) is 0. The molecule has 1 amide bonds. The molecule has 0 fully saturated rings. The fourth-order valence-corrected chi connectivity index (χ4v) is 6.48. The fraction of sp³-hybridized carbons (Fsp3) is 0.391. The first-order valence-corrected chi connectivity index (χ1v) is 13.8. The normalized spacial score (nSPS) is 12.7. The van der Waals surface area contributed by atoms with Crippen LogP contribution in [0.3, 0.4) is 0 Å². The van der Waals surface area contributed by atoms with E-state index in [0.717, 1.165) is 27.5 Å². The van der Waals surface area contributed by atoms with Crippen LogP contribution in [0.1, 0.15) is 37.0 Å². The number of ether oxygens (including phenoxy) is 1. The van der Waals surface area contributed by atoms with Gasteiger partial charge in [0.05, 0.1) is 21.7 Å². The van der Waals surface area contributed by atoms with Gasteiger partial charge in [-0.3, -0.25) is 4.79 Å². The molecular weight excluding hydrogens is 526 g/mol. The highest BCUT2D eigenvalue weighted by Gasteiger charge is 2.22. The van der Waals surface area contributed by atoms with E-state index >= 15 is 0 Å². The van der Waals surface area contributed by atoms with Crippen LogP contribution < -0.4 is 4.80 Å². The molecule has 2 aromatic carbocycles. The molecule has 10 heteroatoms. The van der Waals surface area contributed by atoms with Crippen molar-refractivity contribution in [3.8, 4) is 0 Å². The molecule has 178 valence electrons. The Morgan fingerprint density at radius 3 is 2.55 bits per heavy atom. The second-order valence-electron chi connectivity index (χ2n) is 7.43. The minimum absolute atomic E-state index is 0.180. The number of methoxy groups -OCH3 is 1. The highest BCUT2D eigenvalue weighted by Crippen LogP contribution is 2.22. The van der Waals surface area contributed by atoms with E-state index in [1.807, 2.05) is 36.6 Å². The Morgan fingerprint density at radius 2 is 1.91 bits per heavy atom. The van der Waals surface area contributed by atoms with E-state index in [1.54, 1.807) is 7.11 Å². The third-order valence-corrected chi connectivity index (χ3v) is 8.74. The van der Waals surface area contributed by atoms with Gasteiger partial charge in [0.25, 0.3) is 5.91 Å². The summed E-state index contributed by atoms with van der Waals surface area (Å²) < 4.78 is 36.4. The number of benzene rings is 2. The van der Waals surface area contributed by atoms with Crippen molar-refractivity contribution in [2.24, 2.45) is 4.99 Å². The fourth-order valence-electron chi connectivity index (χ4n) is 3.38. The lowest BCUT2D eigenvalue weighted by molar-refractivity contribution is 0.0997. The molecule has 0 bridgehead atoms. The molecule has 0 saturated heterocycles. The molecule has 0 N–H and O–H groups in total. The van der Waals surface area contributed by atoms with Gasteiger partial charge in [0.1, 0.15) is 0 Å². The van der Waals surface area contributed by atoms with Crippen molar-refractivity contribution in [2.75, 3.05) is 26.8 Å². The van der Waals surface area contributed by atoms with Gasteiger partial charge >= 0.3 is 0 Å². The number of hydrogen-bond acceptors (Lipinski definition) is 5. The summed E-state index contributed by atoms with van der Waals surface area (Å²) in [6, 6.07) is 11.9. The first-order chi connectivity index (χ1) is 15.8. The summed E-state index contributed by atoms with van der Waals surface area (Å²) in [4.78, 5) is 18.0. The van der Waals surface area contributed by atoms with E-state index in [0.29, 0.717) is 36.6 Å². The molecule has 0 unspecified atom stereocenters. The summed E-state index contributed by atoms with van der Waals surface area (Å²) in [7, 11) is -1.96. The van der Waals surface area contributed by atoms with Gasteiger partial charge in [0.15, 0.2) is 4.80 Å². The smallest absolute Gasteiger partial charge is 0.279 e. The van der Waals surface area contributed by atoms with E-state index in [4.69, 9.17) is 4.74 Å². The average Bonchev–Trinajstić information content (AvgIpc) is 3.13. The van der Waals surface area contributed by atoms with Crippen molar-refractivity contribution >= 4 is 53.4 Å². The van der Waals surface area contributed by atoms with Crippen LogP contribution in [0.15, 0.2) is 56.8 Å². The molecule has 0 saturated carbocycles. The molecule has 0 atom stereocenters. The molecule has 1 heterocycles. The second-order valence-corrected chi connectivity index (χ2v) is 11.3. The third kappa shape index (κ3) is 5.99. The Hall–Kier alpha value is -1.85. The van der Waals surface area contributed by atoms with Gasteiger partial charge in [-0.2, -0.15) is 9.30 Å². The molecule has 33 heavy (non-hydrogen) atoms. The lowest BCUT2D eigenvalue weighted by Crippen LogP contribution is -2.31. The molecule has 3 aromatic rings. The Labute approximate surface area is 206 Å². The third-order valence-electron chi connectivity index (χ3n) is 5.21. The zero-order valence-electron chi connectivity index (χ0n) is 19.0. The first kappa shape index (κ1) is 25.8. The summed E-state index contributed by atoms with van der Waals surface area (Å²) >= 11 is 4.90. The minimum atomic E-state index is -3.59. The Bertz CT molecular complexity index is 1280. The SMILES string of the molecule is CCCCN(CC)S(=O)(=O)c1ccc(C(=O)N=c2sc3cc(Br)ccc3n2CCOC)cc1. The number of unbranched alkanes of at least 4 members (excludes halogenated alkanes) is 1. The summed E-state index contributed by atoms with van der Waals surface area (Å²) in [6.45, 7) is 5.79. The van der Waals surface area contributed by atoms with Crippen molar-refractivity contribution in [1.29, 1.82) is 0 Å². The van der Waals surface area contributed by atoms with Crippen LogP contribution >= 0.6 is 27.3 Å².